The van der Waals surface area contributed by atoms with Gasteiger partial charge in [-0.3, -0.25) is 14.4 Å². The molecule has 0 aliphatic rings. The van der Waals surface area contributed by atoms with Crippen molar-refractivity contribution < 1.29 is 23.5 Å². The molecule has 5 N–H and O–H groups in total. The molecule has 1 heterocycles. The van der Waals surface area contributed by atoms with Crippen molar-refractivity contribution in [3.05, 3.63) is 100 Å². The van der Waals surface area contributed by atoms with Crippen molar-refractivity contribution in [2.45, 2.75) is 26.4 Å². The van der Waals surface area contributed by atoms with Crippen molar-refractivity contribution in [3.63, 3.8) is 0 Å². The summed E-state index contributed by atoms with van der Waals surface area (Å²) in [6.07, 6.45) is 0. The number of rotatable bonds is 11. The molecule has 0 bridgehead atoms. The van der Waals surface area contributed by atoms with Gasteiger partial charge in [-0.05, 0) is 67.9 Å². The largest absolute Gasteiger partial charge is 0.484 e. The number of primary amides is 1. The van der Waals surface area contributed by atoms with Crippen LogP contribution in [0, 0.1) is 12.7 Å². The summed E-state index contributed by atoms with van der Waals surface area (Å²) in [5.41, 5.74) is 14.5. The van der Waals surface area contributed by atoms with Crippen LogP contribution in [0.2, 0.25) is 0 Å². The van der Waals surface area contributed by atoms with Crippen LogP contribution >= 0.6 is 11.3 Å². The third-order valence-electron chi connectivity index (χ3n) is 6.05. The molecule has 3 aromatic carbocycles. The molecule has 4 rings (SSSR count). The highest BCUT2D eigenvalue weighted by atomic mass is 32.1. The highest BCUT2D eigenvalue weighted by Gasteiger charge is 2.27. The predicted octanol–water partition coefficient (Wildman–Crippen LogP) is 4.11. The van der Waals surface area contributed by atoms with Gasteiger partial charge in [0.1, 0.15) is 28.3 Å². The highest BCUT2D eigenvalue weighted by molar-refractivity contribution is 7.18. The van der Waals surface area contributed by atoms with Crippen LogP contribution in [0.1, 0.15) is 33.3 Å². The lowest BCUT2D eigenvalue weighted by Crippen LogP contribution is -2.39. The number of nitrogen functional groups attached to an aromatic ring is 1. The number of benzene rings is 3. The lowest BCUT2D eigenvalue weighted by Gasteiger charge is -2.26. The molecular formula is C29H28FN5O4S. The number of amides is 2. The second-order valence-corrected chi connectivity index (χ2v) is 10.0. The molecule has 206 valence electrons. The molecule has 0 aliphatic carbocycles. The van der Waals surface area contributed by atoms with Crippen molar-refractivity contribution >= 4 is 45.6 Å². The molecule has 0 radical (unpaired) electrons. The topological polar surface area (TPSA) is 141 Å². The molecule has 9 nitrogen and oxygen atoms in total. The van der Waals surface area contributed by atoms with Gasteiger partial charge in [0.25, 0.3) is 5.91 Å². The van der Waals surface area contributed by atoms with Gasteiger partial charge in [-0.2, -0.15) is 0 Å². The summed E-state index contributed by atoms with van der Waals surface area (Å²) in [4.78, 5) is 43.4. The van der Waals surface area contributed by atoms with Gasteiger partial charge in [0.05, 0.1) is 0 Å². The first kappa shape index (κ1) is 28.2. The minimum atomic E-state index is -0.843. The molecule has 0 spiro atoms. The van der Waals surface area contributed by atoms with Gasteiger partial charge in [0.15, 0.2) is 11.7 Å². The average Bonchev–Trinajstić information content (AvgIpc) is 3.33. The van der Waals surface area contributed by atoms with Gasteiger partial charge >= 0.3 is 0 Å². The molecule has 0 saturated carbocycles. The number of carbonyl (C=O) groups is 3. The number of halogens is 1. The van der Waals surface area contributed by atoms with Crippen LogP contribution < -0.4 is 26.4 Å². The lowest BCUT2D eigenvalue weighted by atomic mass is 10.1. The molecule has 0 fully saturated rings. The summed E-state index contributed by atoms with van der Waals surface area (Å²) in [7, 11) is 0. The first-order chi connectivity index (χ1) is 19.1. The third kappa shape index (κ3) is 6.80. The summed E-state index contributed by atoms with van der Waals surface area (Å²) in [6.45, 7) is 3.79. The Hall–Kier alpha value is -4.77. The molecule has 1 atom stereocenters. The maximum atomic E-state index is 13.5. The number of thiazole rings is 1. The zero-order valence-corrected chi connectivity index (χ0v) is 22.7. The first-order valence-corrected chi connectivity index (χ1v) is 13.1. The fourth-order valence-electron chi connectivity index (χ4n) is 3.75. The number of aryl methyl sites for hydroxylation is 1. The Morgan fingerprint density at radius 3 is 2.30 bits per heavy atom. The van der Waals surface area contributed by atoms with E-state index in [9.17, 15) is 18.8 Å². The van der Waals surface area contributed by atoms with Crippen LogP contribution in [-0.4, -0.2) is 35.2 Å². The van der Waals surface area contributed by atoms with E-state index in [1.165, 1.54) is 29.2 Å². The predicted molar refractivity (Wildman–Crippen MR) is 152 cm³/mol. The van der Waals surface area contributed by atoms with Crippen LogP contribution in [0.5, 0.6) is 5.75 Å². The van der Waals surface area contributed by atoms with Gasteiger partial charge < -0.3 is 26.4 Å². The fraction of sp³-hybridized carbons (Fsp3) is 0.172. The van der Waals surface area contributed by atoms with Gasteiger partial charge in [-0.1, -0.05) is 41.2 Å². The van der Waals surface area contributed by atoms with E-state index in [4.69, 9.17) is 16.2 Å². The summed E-state index contributed by atoms with van der Waals surface area (Å²) in [6, 6.07) is 18.7. The monoisotopic (exact) mass is 561 g/mol. The van der Waals surface area contributed by atoms with Crippen molar-refractivity contribution in [2.24, 2.45) is 5.73 Å². The average molecular weight is 562 g/mol. The smallest absolute Gasteiger partial charge is 0.258 e. The van der Waals surface area contributed by atoms with E-state index in [0.717, 1.165) is 22.5 Å². The van der Waals surface area contributed by atoms with Crippen LogP contribution in [-0.2, 0) is 16.1 Å². The van der Waals surface area contributed by atoms with Gasteiger partial charge in [-0.25, -0.2) is 9.37 Å². The second kappa shape index (κ2) is 12.4. The SMILES string of the molecule is Cc1ccc(CNC(=O)COc2ccc(C(=O)c3sc(N(c4ccc(F)cc4)[C@H](C)C(N)=O)nc3N)cc2)cc1. The summed E-state index contributed by atoms with van der Waals surface area (Å²) in [5.74, 6) is -1.33. The van der Waals surface area contributed by atoms with Crippen molar-refractivity contribution in [1.82, 2.24) is 10.3 Å². The van der Waals surface area contributed by atoms with Crippen LogP contribution in [0.15, 0.2) is 72.8 Å². The standard InChI is InChI=1S/C29H28FN5O4S/c1-17-3-5-19(6-4-17)15-33-24(36)16-39-23-13-7-20(8-14-23)25(37)26-27(31)34-29(40-26)35(18(2)28(32)38)22-11-9-21(30)10-12-22/h3-14,18H,15-16,31H2,1-2H3,(H2,32,38)(H,33,36)/t18-/m1/s1. The number of aromatic nitrogens is 1. The fourth-order valence-corrected chi connectivity index (χ4v) is 4.80. The van der Waals surface area contributed by atoms with E-state index in [-0.39, 0.29) is 34.1 Å². The van der Waals surface area contributed by atoms with Crippen molar-refractivity contribution in [2.75, 3.05) is 17.2 Å². The Morgan fingerprint density at radius 1 is 1.02 bits per heavy atom. The van der Waals surface area contributed by atoms with Gasteiger partial charge in [0.2, 0.25) is 11.7 Å². The Bertz CT molecular complexity index is 1510. The maximum absolute atomic E-state index is 13.5. The third-order valence-corrected chi connectivity index (χ3v) is 7.12. The number of ether oxygens (including phenoxy) is 1. The van der Waals surface area contributed by atoms with Crippen LogP contribution in [0.25, 0.3) is 0 Å². The maximum Gasteiger partial charge on any atom is 0.258 e. The number of hydrogen-bond acceptors (Lipinski definition) is 8. The zero-order chi connectivity index (χ0) is 28.8. The number of nitrogens with zero attached hydrogens (tertiary/aromatic N) is 2. The van der Waals surface area contributed by atoms with Gasteiger partial charge in [-0.15, -0.1) is 0 Å². The lowest BCUT2D eigenvalue weighted by molar-refractivity contribution is -0.123. The first-order valence-electron chi connectivity index (χ1n) is 12.3. The Labute approximate surface area is 234 Å². The summed E-state index contributed by atoms with van der Waals surface area (Å²) < 4.78 is 19.0. The van der Waals surface area contributed by atoms with Crippen molar-refractivity contribution in [1.29, 1.82) is 0 Å². The molecule has 11 heteroatoms. The number of nitrogens with two attached hydrogens (primary N) is 2. The van der Waals surface area contributed by atoms with E-state index < -0.39 is 17.8 Å². The van der Waals surface area contributed by atoms with Gasteiger partial charge in [0, 0.05) is 17.8 Å². The number of ketones is 1. The molecule has 0 aliphatic heterocycles. The second-order valence-electron chi connectivity index (χ2n) is 9.04. The highest BCUT2D eigenvalue weighted by Crippen LogP contribution is 2.36. The van der Waals surface area contributed by atoms with E-state index in [2.05, 4.69) is 10.3 Å². The number of anilines is 3. The van der Waals surface area contributed by atoms with Crippen LogP contribution in [0.3, 0.4) is 0 Å². The van der Waals surface area contributed by atoms with Crippen LogP contribution in [0.4, 0.5) is 21.0 Å². The Morgan fingerprint density at radius 2 is 1.68 bits per heavy atom. The van der Waals surface area contributed by atoms with E-state index in [1.54, 1.807) is 31.2 Å². The molecule has 4 aromatic rings. The number of nitrogens with one attached hydrogen (secondary N) is 1. The van der Waals surface area contributed by atoms with E-state index >= 15 is 0 Å². The molecular weight excluding hydrogens is 533 g/mol. The van der Waals surface area contributed by atoms with Crippen molar-refractivity contribution in [3.8, 4) is 5.75 Å². The quantitative estimate of drug-likeness (QED) is 0.234. The number of carbonyl (C=O) groups excluding carboxylic acids is 3. The van der Waals surface area contributed by atoms with E-state index in [0.29, 0.717) is 23.5 Å². The molecule has 0 unspecified atom stereocenters. The van der Waals surface area contributed by atoms with E-state index in [1.807, 2.05) is 31.2 Å². The Balaban J connectivity index is 1.42. The minimum absolute atomic E-state index is 0.0145. The normalized spacial score (nSPS) is 11.5. The Kier molecular flexibility index (Phi) is 8.75. The molecule has 1 aromatic heterocycles. The molecule has 0 saturated heterocycles. The number of hydrogen-bond donors (Lipinski definition) is 3. The molecule has 40 heavy (non-hydrogen) atoms. The minimum Gasteiger partial charge on any atom is -0.484 e. The summed E-state index contributed by atoms with van der Waals surface area (Å²) in [5, 5.41) is 3.06. The zero-order valence-electron chi connectivity index (χ0n) is 21.9. The summed E-state index contributed by atoms with van der Waals surface area (Å²) >= 11 is 0.993. The molecule has 2 amide bonds.